The summed E-state index contributed by atoms with van der Waals surface area (Å²) in [4.78, 5) is 0. The van der Waals surface area contributed by atoms with Gasteiger partial charge >= 0.3 is 0 Å². The molecule has 2 heteroatoms. The van der Waals surface area contributed by atoms with Crippen molar-refractivity contribution in [1.82, 2.24) is 0 Å². The minimum atomic E-state index is 0.446. The molecule has 0 aromatic heterocycles. The fraction of sp³-hybridized carbons (Fsp3) is 1.00. The van der Waals surface area contributed by atoms with E-state index in [2.05, 4.69) is 13.8 Å². The highest BCUT2D eigenvalue weighted by atomic mass is 16.5. The van der Waals surface area contributed by atoms with Gasteiger partial charge in [0.25, 0.3) is 0 Å². The summed E-state index contributed by atoms with van der Waals surface area (Å²) < 4.78 is 6.02. The number of unbranched alkanes of at least 4 members (excludes halogenated alkanes) is 1. The smallest absolute Gasteiger partial charge is 0.0617 e. The third kappa shape index (κ3) is 4.42. The lowest BCUT2D eigenvalue weighted by atomic mass is 9.78. The van der Waals surface area contributed by atoms with E-state index < -0.39 is 0 Å². The fourth-order valence-electron chi connectivity index (χ4n) is 2.80. The van der Waals surface area contributed by atoms with Crippen molar-refractivity contribution < 1.29 is 4.74 Å². The minimum Gasteiger partial charge on any atom is -0.378 e. The van der Waals surface area contributed by atoms with E-state index in [0.29, 0.717) is 12.0 Å². The van der Waals surface area contributed by atoms with Gasteiger partial charge in [0.15, 0.2) is 0 Å². The molecule has 96 valence electrons. The monoisotopic (exact) mass is 227 g/mol. The molecule has 1 fully saturated rings. The first kappa shape index (κ1) is 14.0. The molecule has 0 radical (unpaired) electrons. The van der Waals surface area contributed by atoms with Gasteiger partial charge in [-0.05, 0) is 44.1 Å². The van der Waals surface area contributed by atoms with Gasteiger partial charge < -0.3 is 10.5 Å². The maximum absolute atomic E-state index is 6.02. The van der Waals surface area contributed by atoms with Gasteiger partial charge in [0, 0.05) is 6.61 Å². The molecule has 2 N–H and O–H groups in total. The van der Waals surface area contributed by atoms with Gasteiger partial charge in [-0.3, -0.25) is 0 Å². The minimum absolute atomic E-state index is 0.446. The van der Waals surface area contributed by atoms with Gasteiger partial charge in [0.05, 0.1) is 6.10 Å². The SMILES string of the molecule is CCCCOC1CC(CCC)CCC1CN. The van der Waals surface area contributed by atoms with Crippen LogP contribution in [0.15, 0.2) is 0 Å². The van der Waals surface area contributed by atoms with Crippen molar-refractivity contribution in [2.75, 3.05) is 13.2 Å². The van der Waals surface area contributed by atoms with Crippen LogP contribution in [0.3, 0.4) is 0 Å². The molecular weight excluding hydrogens is 198 g/mol. The highest BCUT2D eigenvalue weighted by molar-refractivity contribution is 4.81. The molecule has 1 aliphatic rings. The van der Waals surface area contributed by atoms with Crippen LogP contribution in [0.4, 0.5) is 0 Å². The first-order valence-electron chi connectivity index (χ1n) is 7.13. The Morgan fingerprint density at radius 3 is 2.62 bits per heavy atom. The van der Waals surface area contributed by atoms with Crippen molar-refractivity contribution in [1.29, 1.82) is 0 Å². The zero-order valence-electron chi connectivity index (χ0n) is 11.1. The molecule has 0 aromatic carbocycles. The maximum Gasteiger partial charge on any atom is 0.0617 e. The summed E-state index contributed by atoms with van der Waals surface area (Å²) in [6.07, 6.45) is 9.41. The summed E-state index contributed by atoms with van der Waals surface area (Å²) in [6, 6.07) is 0. The molecule has 16 heavy (non-hydrogen) atoms. The van der Waals surface area contributed by atoms with Crippen molar-refractivity contribution in [3.63, 3.8) is 0 Å². The third-order valence-electron chi connectivity index (χ3n) is 3.87. The molecule has 0 saturated heterocycles. The highest BCUT2D eigenvalue weighted by Crippen LogP contribution is 2.33. The van der Waals surface area contributed by atoms with Crippen molar-refractivity contribution in [2.24, 2.45) is 17.6 Å². The molecule has 3 unspecified atom stereocenters. The van der Waals surface area contributed by atoms with E-state index in [1.165, 1.54) is 44.9 Å². The number of rotatable bonds is 7. The molecule has 0 aliphatic heterocycles. The van der Waals surface area contributed by atoms with E-state index >= 15 is 0 Å². The predicted octanol–water partition coefficient (Wildman–Crippen LogP) is 3.35. The molecule has 0 amide bonds. The Kier molecular flexibility index (Phi) is 7.06. The summed E-state index contributed by atoms with van der Waals surface area (Å²) in [5.74, 6) is 1.50. The molecule has 2 nitrogen and oxygen atoms in total. The van der Waals surface area contributed by atoms with Crippen LogP contribution < -0.4 is 5.73 Å². The fourth-order valence-corrected chi connectivity index (χ4v) is 2.80. The van der Waals surface area contributed by atoms with Crippen LogP contribution in [-0.4, -0.2) is 19.3 Å². The van der Waals surface area contributed by atoms with E-state index in [0.717, 1.165) is 19.1 Å². The van der Waals surface area contributed by atoms with Gasteiger partial charge in [-0.15, -0.1) is 0 Å². The Morgan fingerprint density at radius 2 is 2.00 bits per heavy atom. The van der Waals surface area contributed by atoms with E-state index in [4.69, 9.17) is 10.5 Å². The summed E-state index contributed by atoms with van der Waals surface area (Å²) in [7, 11) is 0. The molecule has 1 saturated carbocycles. The van der Waals surface area contributed by atoms with Gasteiger partial charge in [0.2, 0.25) is 0 Å². The van der Waals surface area contributed by atoms with E-state index in [1.54, 1.807) is 0 Å². The Bertz CT molecular complexity index is 172. The van der Waals surface area contributed by atoms with Crippen molar-refractivity contribution in [3.05, 3.63) is 0 Å². The average molecular weight is 227 g/mol. The topological polar surface area (TPSA) is 35.2 Å². The summed E-state index contributed by atoms with van der Waals surface area (Å²) in [6.45, 7) is 6.22. The normalized spacial score (nSPS) is 30.6. The first-order valence-corrected chi connectivity index (χ1v) is 7.13. The predicted molar refractivity (Wildman–Crippen MR) is 69.4 cm³/mol. The average Bonchev–Trinajstić information content (AvgIpc) is 2.30. The summed E-state index contributed by atoms with van der Waals surface area (Å²) >= 11 is 0. The molecule has 0 heterocycles. The van der Waals surface area contributed by atoms with E-state index in [-0.39, 0.29) is 0 Å². The lowest BCUT2D eigenvalue weighted by molar-refractivity contribution is -0.0253. The third-order valence-corrected chi connectivity index (χ3v) is 3.87. The van der Waals surface area contributed by atoms with Crippen LogP contribution >= 0.6 is 0 Å². The molecule has 0 bridgehead atoms. The molecular formula is C14H29NO. The second-order valence-corrected chi connectivity index (χ2v) is 5.23. The molecule has 0 aromatic rings. The van der Waals surface area contributed by atoms with Crippen molar-refractivity contribution in [3.8, 4) is 0 Å². The first-order chi connectivity index (χ1) is 7.81. The van der Waals surface area contributed by atoms with Crippen molar-refractivity contribution in [2.45, 2.75) is 64.9 Å². The quantitative estimate of drug-likeness (QED) is 0.677. The summed E-state index contributed by atoms with van der Waals surface area (Å²) in [5.41, 5.74) is 5.84. The lowest BCUT2D eigenvalue weighted by Gasteiger charge is -2.35. The number of nitrogens with two attached hydrogens (primary N) is 1. The lowest BCUT2D eigenvalue weighted by Crippen LogP contribution is -2.36. The molecule has 0 spiro atoms. The highest BCUT2D eigenvalue weighted by Gasteiger charge is 2.29. The number of ether oxygens (including phenoxy) is 1. The van der Waals surface area contributed by atoms with E-state index in [9.17, 15) is 0 Å². The van der Waals surface area contributed by atoms with E-state index in [1.807, 2.05) is 0 Å². The van der Waals surface area contributed by atoms with Crippen molar-refractivity contribution >= 4 is 0 Å². The Morgan fingerprint density at radius 1 is 1.19 bits per heavy atom. The Hall–Kier alpha value is -0.0800. The number of hydrogen-bond acceptors (Lipinski definition) is 2. The van der Waals surface area contributed by atoms with Crippen LogP contribution in [0.1, 0.15) is 58.8 Å². The standard InChI is InChI=1S/C14H29NO/c1-3-5-9-16-14-10-12(6-4-2)7-8-13(14)11-15/h12-14H,3-11,15H2,1-2H3. The zero-order chi connectivity index (χ0) is 11.8. The van der Waals surface area contributed by atoms with Crippen LogP contribution in [0.5, 0.6) is 0 Å². The van der Waals surface area contributed by atoms with Crippen LogP contribution in [0.2, 0.25) is 0 Å². The van der Waals surface area contributed by atoms with Gasteiger partial charge in [-0.2, -0.15) is 0 Å². The molecule has 1 rings (SSSR count). The second-order valence-electron chi connectivity index (χ2n) is 5.23. The summed E-state index contributed by atoms with van der Waals surface area (Å²) in [5, 5.41) is 0. The Balaban J connectivity index is 2.34. The van der Waals surface area contributed by atoms with Crippen LogP contribution in [0, 0.1) is 11.8 Å². The Labute approximate surface area is 101 Å². The number of hydrogen-bond donors (Lipinski definition) is 1. The zero-order valence-corrected chi connectivity index (χ0v) is 11.1. The van der Waals surface area contributed by atoms with Crippen LogP contribution in [-0.2, 0) is 4.74 Å². The second kappa shape index (κ2) is 8.08. The largest absolute Gasteiger partial charge is 0.378 e. The molecule has 3 atom stereocenters. The van der Waals surface area contributed by atoms with Gasteiger partial charge in [-0.1, -0.05) is 33.1 Å². The molecule has 1 aliphatic carbocycles. The van der Waals surface area contributed by atoms with Crippen LogP contribution in [0.25, 0.3) is 0 Å². The maximum atomic E-state index is 6.02. The van der Waals surface area contributed by atoms with Gasteiger partial charge in [-0.25, -0.2) is 0 Å². The van der Waals surface area contributed by atoms with Gasteiger partial charge in [0.1, 0.15) is 0 Å².